The van der Waals surface area contributed by atoms with Gasteiger partial charge in [-0.15, -0.1) is 0 Å². The summed E-state index contributed by atoms with van der Waals surface area (Å²) in [6.07, 6.45) is 0. The fraction of sp³-hybridized carbons (Fsp3) is 0.333. The SMILES string of the molecule is CCN(C)C(=O)CNC(=O)c1cc(Br)ccc1N. The van der Waals surface area contributed by atoms with Crippen LogP contribution in [0.25, 0.3) is 0 Å². The molecule has 18 heavy (non-hydrogen) atoms. The van der Waals surface area contributed by atoms with Gasteiger partial charge < -0.3 is 16.0 Å². The summed E-state index contributed by atoms with van der Waals surface area (Å²) in [6.45, 7) is 2.44. The highest BCUT2D eigenvalue weighted by atomic mass is 79.9. The maximum atomic E-state index is 11.9. The first-order chi connectivity index (χ1) is 8.45. The number of rotatable bonds is 4. The third-order valence-corrected chi connectivity index (χ3v) is 3.05. The van der Waals surface area contributed by atoms with Crippen molar-refractivity contribution in [3.8, 4) is 0 Å². The minimum atomic E-state index is -0.355. The highest BCUT2D eigenvalue weighted by molar-refractivity contribution is 9.10. The Kier molecular flexibility index (Phi) is 5.15. The predicted molar refractivity (Wildman–Crippen MR) is 74.2 cm³/mol. The molecule has 0 bridgehead atoms. The average molecular weight is 314 g/mol. The second kappa shape index (κ2) is 6.39. The molecule has 0 aliphatic heterocycles. The van der Waals surface area contributed by atoms with Crippen molar-refractivity contribution in [1.29, 1.82) is 0 Å². The Morgan fingerprint density at radius 1 is 1.44 bits per heavy atom. The molecular weight excluding hydrogens is 298 g/mol. The van der Waals surface area contributed by atoms with Crippen molar-refractivity contribution in [2.45, 2.75) is 6.92 Å². The molecule has 1 rings (SSSR count). The summed E-state index contributed by atoms with van der Waals surface area (Å²) in [5, 5.41) is 2.55. The molecule has 0 aliphatic carbocycles. The number of nitrogens with zero attached hydrogens (tertiary/aromatic N) is 1. The van der Waals surface area contributed by atoms with Gasteiger partial charge in [-0.1, -0.05) is 15.9 Å². The number of nitrogen functional groups attached to an aromatic ring is 1. The van der Waals surface area contributed by atoms with Gasteiger partial charge in [-0.2, -0.15) is 0 Å². The molecule has 2 amide bonds. The van der Waals surface area contributed by atoms with Crippen LogP contribution in [0.1, 0.15) is 17.3 Å². The van der Waals surface area contributed by atoms with Crippen LogP contribution in [0.4, 0.5) is 5.69 Å². The van der Waals surface area contributed by atoms with Gasteiger partial charge in [0, 0.05) is 23.8 Å². The molecule has 0 heterocycles. The molecule has 5 nitrogen and oxygen atoms in total. The molecule has 0 fully saturated rings. The number of anilines is 1. The van der Waals surface area contributed by atoms with Crippen molar-refractivity contribution >= 4 is 33.4 Å². The number of benzene rings is 1. The molecular formula is C12H16BrN3O2. The van der Waals surface area contributed by atoms with Crippen LogP contribution in [0.15, 0.2) is 22.7 Å². The number of hydrogen-bond donors (Lipinski definition) is 2. The highest BCUT2D eigenvalue weighted by Gasteiger charge is 2.13. The van der Waals surface area contributed by atoms with Crippen molar-refractivity contribution in [3.63, 3.8) is 0 Å². The van der Waals surface area contributed by atoms with Gasteiger partial charge in [-0.25, -0.2) is 0 Å². The van der Waals surface area contributed by atoms with Crippen molar-refractivity contribution in [1.82, 2.24) is 10.2 Å². The second-order valence-electron chi connectivity index (χ2n) is 3.82. The Morgan fingerprint density at radius 2 is 2.11 bits per heavy atom. The molecule has 0 aromatic heterocycles. The van der Waals surface area contributed by atoms with Gasteiger partial charge in [0.15, 0.2) is 0 Å². The smallest absolute Gasteiger partial charge is 0.253 e. The van der Waals surface area contributed by atoms with Gasteiger partial charge in [0.25, 0.3) is 5.91 Å². The number of amides is 2. The Bertz CT molecular complexity index is 463. The lowest BCUT2D eigenvalue weighted by Crippen LogP contribution is -2.38. The molecule has 0 spiro atoms. The zero-order chi connectivity index (χ0) is 13.7. The monoisotopic (exact) mass is 313 g/mol. The van der Waals surface area contributed by atoms with E-state index in [1.54, 1.807) is 25.2 Å². The van der Waals surface area contributed by atoms with E-state index in [0.717, 1.165) is 4.47 Å². The summed E-state index contributed by atoms with van der Waals surface area (Å²) in [7, 11) is 1.68. The number of likely N-dealkylation sites (N-methyl/N-ethyl adjacent to an activating group) is 1. The molecule has 1 aromatic rings. The number of nitrogens with two attached hydrogens (primary N) is 1. The first-order valence-corrected chi connectivity index (χ1v) is 6.32. The lowest BCUT2D eigenvalue weighted by molar-refractivity contribution is -0.128. The lowest BCUT2D eigenvalue weighted by Gasteiger charge is -2.15. The minimum absolute atomic E-state index is 0.0326. The van der Waals surface area contributed by atoms with E-state index in [1.165, 1.54) is 4.90 Å². The van der Waals surface area contributed by atoms with Gasteiger partial charge in [-0.3, -0.25) is 9.59 Å². The van der Waals surface area contributed by atoms with E-state index in [4.69, 9.17) is 5.73 Å². The van der Waals surface area contributed by atoms with Crippen LogP contribution in [0, 0.1) is 0 Å². The lowest BCUT2D eigenvalue weighted by atomic mass is 10.1. The van der Waals surface area contributed by atoms with Crippen molar-refractivity contribution in [3.05, 3.63) is 28.2 Å². The van der Waals surface area contributed by atoms with Gasteiger partial charge in [0.1, 0.15) is 0 Å². The number of hydrogen-bond acceptors (Lipinski definition) is 3. The van der Waals surface area contributed by atoms with E-state index in [-0.39, 0.29) is 18.4 Å². The largest absolute Gasteiger partial charge is 0.398 e. The van der Waals surface area contributed by atoms with Crippen molar-refractivity contribution in [2.75, 3.05) is 25.9 Å². The van der Waals surface area contributed by atoms with Gasteiger partial charge in [0.2, 0.25) is 5.91 Å². The molecule has 3 N–H and O–H groups in total. The zero-order valence-corrected chi connectivity index (χ0v) is 12.0. The van der Waals surface area contributed by atoms with Crippen molar-refractivity contribution < 1.29 is 9.59 Å². The number of nitrogens with one attached hydrogen (secondary N) is 1. The van der Waals surface area contributed by atoms with Crippen LogP contribution in [0.2, 0.25) is 0 Å². The minimum Gasteiger partial charge on any atom is -0.398 e. The van der Waals surface area contributed by atoms with Gasteiger partial charge >= 0.3 is 0 Å². The van der Waals surface area contributed by atoms with E-state index < -0.39 is 0 Å². The Morgan fingerprint density at radius 3 is 2.72 bits per heavy atom. The maximum Gasteiger partial charge on any atom is 0.253 e. The summed E-state index contributed by atoms with van der Waals surface area (Å²) >= 11 is 3.27. The van der Waals surface area contributed by atoms with E-state index in [2.05, 4.69) is 21.2 Å². The van der Waals surface area contributed by atoms with Crippen LogP contribution in [-0.2, 0) is 4.79 Å². The van der Waals surface area contributed by atoms with Gasteiger partial charge in [-0.05, 0) is 25.1 Å². The molecule has 0 unspecified atom stereocenters. The van der Waals surface area contributed by atoms with E-state index in [9.17, 15) is 9.59 Å². The first-order valence-electron chi connectivity index (χ1n) is 5.53. The van der Waals surface area contributed by atoms with Crippen LogP contribution < -0.4 is 11.1 Å². The predicted octanol–water partition coefficient (Wildman–Crippen LogP) is 1.24. The normalized spacial score (nSPS) is 9.94. The first kappa shape index (κ1) is 14.5. The van der Waals surface area contributed by atoms with Crippen LogP contribution in [0.3, 0.4) is 0 Å². The van der Waals surface area contributed by atoms with Crippen LogP contribution >= 0.6 is 15.9 Å². The topological polar surface area (TPSA) is 75.4 Å². The molecule has 0 atom stereocenters. The van der Waals surface area contributed by atoms with Gasteiger partial charge in [0.05, 0.1) is 12.1 Å². The standard InChI is InChI=1S/C12H16BrN3O2/c1-3-16(2)11(17)7-15-12(18)9-6-8(13)4-5-10(9)14/h4-6H,3,7,14H2,1-2H3,(H,15,18). The fourth-order valence-electron chi connectivity index (χ4n) is 1.29. The molecule has 0 radical (unpaired) electrons. The number of carbonyl (C=O) groups is 2. The average Bonchev–Trinajstić information content (AvgIpc) is 2.37. The summed E-state index contributed by atoms with van der Waals surface area (Å²) < 4.78 is 0.763. The molecule has 0 saturated carbocycles. The van der Waals surface area contributed by atoms with E-state index in [1.807, 2.05) is 6.92 Å². The zero-order valence-electron chi connectivity index (χ0n) is 10.4. The Labute approximate surface area is 114 Å². The summed E-state index contributed by atoms with van der Waals surface area (Å²) in [6, 6.07) is 5.01. The Balaban J connectivity index is 2.66. The molecule has 1 aromatic carbocycles. The Hall–Kier alpha value is -1.56. The van der Waals surface area contributed by atoms with Crippen molar-refractivity contribution in [2.24, 2.45) is 0 Å². The fourth-order valence-corrected chi connectivity index (χ4v) is 1.65. The quantitative estimate of drug-likeness (QED) is 0.821. The number of halogens is 1. The third kappa shape index (κ3) is 3.73. The van der Waals surface area contributed by atoms with E-state index in [0.29, 0.717) is 17.8 Å². The molecule has 0 saturated heterocycles. The molecule has 0 aliphatic rings. The number of carbonyl (C=O) groups excluding carboxylic acids is 2. The summed E-state index contributed by atoms with van der Waals surface area (Å²) in [5.74, 6) is -0.494. The van der Waals surface area contributed by atoms with Crippen LogP contribution in [-0.4, -0.2) is 36.9 Å². The maximum absolute atomic E-state index is 11.9. The third-order valence-electron chi connectivity index (χ3n) is 2.56. The summed E-state index contributed by atoms with van der Waals surface area (Å²) in [4.78, 5) is 24.9. The van der Waals surface area contributed by atoms with E-state index >= 15 is 0 Å². The van der Waals surface area contributed by atoms with Crippen LogP contribution in [0.5, 0.6) is 0 Å². The highest BCUT2D eigenvalue weighted by Crippen LogP contribution is 2.18. The second-order valence-corrected chi connectivity index (χ2v) is 4.74. The molecule has 98 valence electrons. The summed E-state index contributed by atoms with van der Waals surface area (Å²) in [5.41, 5.74) is 6.44. The molecule has 6 heteroatoms.